The molecule has 1 fully saturated rings. The van der Waals surface area contributed by atoms with Gasteiger partial charge in [0.1, 0.15) is 11.8 Å². The molecule has 0 radical (unpaired) electrons. The molecule has 1 aromatic heterocycles. The van der Waals surface area contributed by atoms with Crippen molar-refractivity contribution in [3.8, 4) is 6.07 Å². The number of hydrogen-bond donors (Lipinski definition) is 1. The average Bonchev–Trinajstić information content (AvgIpc) is 3.16. The van der Waals surface area contributed by atoms with Gasteiger partial charge in [-0.25, -0.2) is 11.6 Å². The number of aromatic nitrogens is 2. The summed E-state index contributed by atoms with van der Waals surface area (Å²) in [5, 5.41) is 16.6. The highest BCUT2D eigenvalue weighted by atomic mass is 79.9. The zero-order chi connectivity index (χ0) is 18.1. The number of nitriles is 1. The Labute approximate surface area is 161 Å². The zero-order valence-electron chi connectivity index (χ0n) is 14.2. The molecule has 2 aromatic rings. The topological polar surface area (TPSA) is 69.2 Å². The Kier molecular flexibility index (Phi) is 4.61. The highest BCUT2D eigenvalue weighted by Crippen LogP contribution is 2.45. The minimum absolute atomic E-state index is 0.168. The van der Waals surface area contributed by atoms with Crippen molar-refractivity contribution in [1.82, 2.24) is 10.2 Å². The van der Waals surface area contributed by atoms with Gasteiger partial charge in [0, 0.05) is 16.0 Å². The third-order valence-electron chi connectivity index (χ3n) is 5.49. The molecule has 1 aromatic carbocycles. The van der Waals surface area contributed by atoms with Gasteiger partial charge in [0.15, 0.2) is 5.82 Å². The second kappa shape index (κ2) is 7.05. The first-order valence-electron chi connectivity index (χ1n) is 8.91. The maximum Gasteiger partial charge on any atom is 0.272 e. The molecule has 0 amide bonds. The van der Waals surface area contributed by atoms with E-state index in [-0.39, 0.29) is 12.0 Å². The molecule has 2 aliphatic rings. The molecule has 6 heteroatoms. The fourth-order valence-corrected chi connectivity index (χ4v) is 4.83. The van der Waals surface area contributed by atoms with Crippen molar-refractivity contribution in [2.24, 2.45) is 10.9 Å². The van der Waals surface area contributed by atoms with Crippen LogP contribution in [0.2, 0.25) is 0 Å². The van der Waals surface area contributed by atoms with E-state index in [1.54, 1.807) is 12.3 Å². The molecular formula is C20H18BrN5. The lowest BCUT2D eigenvalue weighted by molar-refractivity contribution is 0.431. The van der Waals surface area contributed by atoms with Gasteiger partial charge in [0.05, 0.1) is 17.7 Å². The Morgan fingerprint density at radius 2 is 2.04 bits per heavy atom. The van der Waals surface area contributed by atoms with E-state index >= 15 is 0 Å². The molecule has 1 aliphatic carbocycles. The van der Waals surface area contributed by atoms with Crippen LogP contribution in [0.15, 0.2) is 33.9 Å². The lowest BCUT2D eigenvalue weighted by atomic mass is 9.75. The molecule has 2 heterocycles. The van der Waals surface area contributed by atoms with Gasteiger partial charge in [-0.2, -0.15) is 10.4 Å². The van der Waals surface area contributed by atoms with E-state index in [1.165, 1.54) is 19.3 Å². The Balaban J connectivity index is 1.86. The van der Waals surface area contributed by atoms with E-state index in [1.807, 2.05) is 12.1 Å². The van der Waals surface area contributed by atoms with Crippen LogP contribution in [0.1, 0.15) is 54.7 Å². The highest BCUT2D eigenvalue weighted by Gasteiger charge is 2.44. The molecule has 5 nitrogen and oxygen atoms in total. The quantitative estimate of drug-likeness (QED) is 0.700. The summed E-state index contributed by atoms with van der Waals surface area (Å²) in [6, 6.07) is 7.53. The summed E-state index contributed by atoms with van der Waals surface area (Å²) in [6.07, 6.45) is 7.62. The van der Waals surface area contributed by atoms with Crippen LogP contribution < -0.4 is 0 Å². The Hall–Kier alpha value is -2.44. The van der Waals surface area contributed by atoms with E-state index in [0.717, 1.165) is 40.0 Å². The average molecular weight is 408 g/mol. The van der Waals surface area contributed by atoms with Gasteiger partial charge < -0.3 is 4.85 Å². The van der Waals surface area contributed by atoms with Crippen LogP contribution in [0.3, 0.4) is 0 Å². The molecule has 1 aliphatic heterocycles. The van der Waals surface area contributed by atoms with Gasteiger partial charge in [-0.05, 0) is 40.4 Å². The number of nitrogens with one attached hydrogen (secondary N) is 1. The van der Waals surface area contributed by atoms with Crippen LogP contribution >= 0.6 is 15.9 Å². The largest absolute Gasteiger partial charge is 0.306 e. The Morgan fingerprint density at radius 1 is 1.23 bits per heavy atom. The van der Waals surface area contributed by atoms with Gasteiger partial charge in [0.2, 0.25) is 0 Å². The van der Waals surface area contributed by atoms with E-state index < -0.39 is 0 Å². The van der Waals surface area contributed by atoms with Gasteiger partial charge in [-0.3, -0.25) is 5.10 Å². The second-order valence-electron chi connectivity index (χ2n) is 6.92. The molecule has 0 saturated heterocycles. The summed E-state index contributed by atoms with van der Waals surface area (Å²) < 4.78 is 0.762. The molecule has 1 saturated carbocycles. The summed E-state index contributed by atoms with van der Waals surface area (Å²) in [4.78, 5) is 8.84. The number of rotatable bonds is 2. The number of fused-ring (bicyclic) bond motifs is 1. The molecular weight excluding hydrogens is 390 g/mol. The standard InChI is InChI=1S/C20H18BrN5/c1-23-19-16(14-9-5-8-13(10-22)17(14)21)15-11-24-26-20(15)25-18(19)12-6-3-2-4-7-12/h5,8-9,11-12,16,19H,2-4,6-7H2,(H,24,26). The van der Waals surface area contributed by atoms with Crippen molar-refractivity contribution < 1.29 is 0 Å². The molecule has 0 bridgehead atoms. The highest BCUT2D eigenvalue weighted by molar-refractivity contribution is 9.10. The minimum atomic E-state index is -0.353. The van der Waals surface area contributed by atoms with E-state index in [4.69, 9.17) is 11.6 Å². The zero-order valence-corrected chi connectivity index (χ0v) is 15.8. The monoisotopic (exact) mass is 407 g/mol. The fourth-order valence-electron chi connectivity index (χ4n) is 4.23. The van der Waals surface area contributed by atoms with Gasteiger partial charge >= 0.3 is 0 Å². The van der Waals surface area contributed by atoms with Gasteiger partial charge in [-0.15, -0.1) is 0 Å². The van der Waals surface area contributed by atoms with Crippen molar-refractivity contribution >= 4 is 27.5 Å². The predicted octanol–water partition coefficient (Wildman–Crippen LogP) is 5.13. The van der Waals surface area contributed by atoms with Crippen LogP contribution in [-0.2, 0) is 0 Å². The maximum atomic E-state index is 9.39. The lowest BCUT2D eigenvalue weighted by Crippen LogP contribution is -2.35. The van der Waals surface area contributed by atoms with Crippen LogP contribution in [0.25, 0.3) is 4.85 Å². The van der Waals surface area contributed by atoms with Crippen LogP contribution in [0.5, 0.6) is 0 Å². The molecule has 0 spiro atoms. The summed E-state index contributed by atoms with van der Waals surface area (Å²) >= 11 is 3.59. The smallest absolute Gasteiger partial charge is 0.272 e. The first kappa shape index (κ1) is 17.0. The molecule has 2 unspecified atom stereocenters. The summed E-state index contributed by atoms with van der Waals surface area (Å²) in [5.74, 6) is 0.947. The van der Waals surface area contributed by atoms with E-state index in [9.17, 15) is 5.26 Å². The predicted molar refractivity (Wildman–Crippen MR) is 103 cm³/mol. The fraction of sp³-hybridized carbons (Fsp3) is 0.400. The van der Waals surface area contributed by atoms with E-state index in [0.29, 0.717) is 11.5 Å². The van der Waals surface area contributed by atoms with Crippen molar-refractivity contribution in [1.29, 1.82) is 5.26 Å². The normalized spacial score (nSPS) is 22.8. The van der Waals surface area contributed by atoms with Crippen molar-refractivity contribution in [2.45, 2.75) is 44.1 Å². The van der Waals surface area contributed by atoms with E-state index in [2.05, 4.69) is 37.0 Å². The van der Waals surface area contributed by atoms with Gasteiger partial charge in [0.25, 0.3) is 6.04 Å². The first-order valence-corrected chi connectivity index (χ1v) is 9.70. The Morgan fingerprint density at radius 3 is 2.77 bits per heavy atom. The number of H-pyrrole nitrogens is 1. The molecule has 1 N–H and O–H groups in total. The molecule has 130 valence electrons. The maximum absolute atomic E-state index is 9.39. The van der Waals surface area contributed by atoms with Crippen LogP contribution in [0, 0.1) is 23.8 Å². The third kappa shape index (κ3) is 2.75. The van der Waals surface area contributed by atoms with Crippen molar-refractivity contribution in [3.63, 3.8) is 0 Å². The first-order chi connectivity index (χ1) is 12.7. The second-order valence-corrected chi connectivity index (χ2v) is 7.71. The summed E-state index contributed by atoms with van der Waals surface area (Å²) in [5.41, 5.74) is 3.45. The molecule has 4 rings (SSSR count). The van der Waals surface area contributed by atoms with Crippen molar-refractivity contribution in [2.75, 3.05) is 0 Å². The number of aliphatic imine (C=N–C) groups is 1. The number of hydrogen-bond acceptors (Lipinski definition) is 3. The lowest BCUT2D eigenvalue weighted by Gasteiger charge is -2.30. The number of aromatic amines is 1. The van der Waals surface area contributed by atoms with Crippen LogP contribution in [-0.4, -0.2) is 22.0 Å². The number of nitrogens with zero attached hydrogens (tertiary/aromatic N) is 4. The van der Waals surface area contributed by atoms with Crippen molar-refractivity contribution in [3.05, 3.63) is 57.0 Å². The summed E-state index contributed by atoms with van der Waals surface area (Å²) in [6.45, 7) is 7.92. The molecule has 2 atom stereocenters. The summed E-state index contributed by atoms with van der Waals surface area (Å²) in [7, 11) is 0. The molecule has 26 heavy (non-hydrogen) atoms. The van der Waals surface area contributed by atoms with Crippen LogP contribution in [0.4, 0.5) is 5.82 Å². The SMILES string of the molecule is [C-]#[N+]C1C(C2CCCCC2)=Nc2[nH]ncc2C1c1cccc(C#N)c1Br. The minimum Gasteiger partial charge on any atom is -0.306 e. The van der Waals surface area contributed by atoms with Gasteiger partial charge in [-0.1, -0.05) is 31.4 Å². The third-order valence-corrected chi connectivity index (χ3v) is 6.37. The number of benzene rings is 1. The number of halogens is 1. The Bertz CT molecular complexity index is 940.